The summed E-state index contributed by atoms with van der Waals surface area (Å²) in [5.74, 6) is -3.02. The van der Waals surface area contributed by atoms with Crippen molar-refractivity contribution >= 4 is 5.82 Å². The average molecular weight is 391 g/mol. The number of aliphatic hydroxyl groups excluding tert-OH is 1. The van der Waals surface area contributed by atoms with Gasteiger partial charge in [-0.2, -0.15) is 18.3 Å². The van der Waals surface area contributed by atoms with Crippen LogP contribution in [0, 0.1) is 6.92 Å². The number of anilines is 1. The zero-order valence-corrected chi connectivity index (χ0v) is 14.3. The maximum absolute atomic E-state index is 13.2. The van der Waals surface area contributed by atoms with E-state index in [1.54, 1.807) is 37.3 Å². The number of hydrogen-bond acceptors (Lipinski definition) is 4. The normalized spacial score (nSPS) is 18.2. The van der Waals surface area contributed by atoms with Gasteiger partial charge in [-0.25, -0.2) is 13.5 Å². The molecule has 0 radical (unpaired) electrons. The fourth-order valence-corrected chi connectivity index (χ4v) is 3.01. The molecule has 27 heavy (non-hydrogen) atoms. The predicted octanol–water partition coefficient (Wildman–Crippen LogP) is 3.96. The summed E-state index contributed by atoms with van der Waals surface area (Å²) in [6.07, 6.45) is -7.22. The number of hydrogen-bond donors (Lipinski definition) is 2. The Hall–Kier alpha value is -2.20. The first-order chi connectivity index (χ1) is 12.6. The molecule has 0 aliphatic heterocycles. The molecule has 3 rings (SSSR count). The van der Waals surface area contributed by atoms with Gasteiger partial charge in [0.25, 0.3) is 0 Å². The van der Waals surface area contributed by atoms with E-state index in [-0.39, 0.29) is 18.7 Å². The van der Waals surface area contributed by atoms with Gasteiger partial charge in [0.05, 0.1) is 11.4 Å². The summed E-state index contributed by atoms with van der Waals surface area (Å²) in [5.41, 5.74) is 1.44. The number of para-hydroxylation sites is 1. The van der Waals surface area contributed by atoms with E-state index in [0.29, 0.717) is 16.9 Å². The minimum absolute atomic E-state index is 0.182. The van der Waals surface area contributed by atoms with Gasteiger partial charge in [-0.15, -0.1) is 0 Å². The fraction of sp³-hybridized carbons (Fsp3) is 0.471. The molecule has 1 fully saturated rings. The van der Waals surface area contributed by atoms with Gasteiger partial charge in [-0.05, 0) is 19.1 Å². The standard InChI is InChI=1S/C17H18F5N3O2/c1-10-13(11-7-16(18,19)8-11)24-25(12-5-3-2-4-6-12)14(10)23-15(26)27-9-17(20,21)22/h2-6,11,15,23,26H,7-9H2,1H3. The van der Waals surface area contributed by atoms with Crippen LogP contribution >= 0.6 is 0 Å². The van der Waals surface area contributed by atoms with Gasteiger partial charge in [0.2, 0.25) is 12.3 Å². The average Bonchev–Trinajstić information content (AvgIpc) is 2.88. The summed E-state index contributed by atoms with van der Waals surface area (Å²) in [6, 6.07) is 8.61. The number of nitrogens with zero attached hydrogens (tertiary/aromatic N) is 2. The van der Waals surface area contributed by atoms with Gasteiger partial charge in [0.15, 0.2) is 0 Å². The van der Waals surface area contributed by atoms with Crippen LogP contribution < -0.4 is 5.32 Å². The highest BCUT2D eigenvalue weighted by Gasteiger charge is 2.48. The van der Waals surface area contributed by atoms with Crippen molar-refractivity contribution in [1.82, 2.24) is 9.78 Å². The predicted molar refractivity (Wildman–Crippen MR) is 86.9 cm³/mol. The summed E-state index contributed by atoms with van der Waals surface area (Å²) in [6.45, 7) is -0.0293. The van der Waals surface area contributed by atoms with Crippen molar-refractivity contribution in [3.63, 3.8) is 0 Å². The van der Waals surface area contributed by atoms with Gasteiger partial charge in [-0.3, -0.25) is 0 Å². The number of ether oxygens (including phenoxy) is 1. The number of alkyl halides is 5. The lowest BCUT2D eigenvalue weighted by Gasteiger charge is -2.34. The third-order valence-electron chi connectivity index (χ3n) is 4.30. The van der Waals surface area contributed by atoms with Crippen LogP contribution in [0.5, 0.6) is 0 Å². The molecular weight excluding hydrogens is 373 g/mol. The van der Waals surface area contributed by atoms with Crippen molar-refractivity contribution < 1.29 is 31.8 Å². The van der Waals surface area contributed by atoms with Gasteiger partial charge >= 0.3 is 6.18 Å². The van der Waals surface area contributed by atoms with Crippen molar-refractivity contribution in [1.29, 1.82) is 0 Å². The van der Waals surface area contributed by atoms with Gasteiger partial charge in [-0.1, -0.05) is 18.2 Å². The lowest BCUT2D eigenvalue weighted by molar-refractivity contribution is -0.209. The van der Waals surface area contributed by atoms with E-state index in [0.717, 1.165) is 0 Å². The smallest absolute Gasteiger partial charge is 0.351 e. The van der Waals surface area contributed by atoms with Crippen LogP contribution in [0.3, 0.4) is 0 Å². The summed E-state index contributed by atoms with van der Waals surface area (Å²) in [5, 5.41) is 16.6. The Morgan fingerprint density at radius 3 is 2.48 bits per heavy atom. The van der Waals surface area contributed by atoms with E-state index in [9.17, 15) is 27.1 Å². The Morgan fingerprint density at radius 2 is 1.93 bits per heavy atom. The second-order valence-electron chi connectivity index (χ2n) is 6.49. The molecule has 1 heterocycles. The van der Waals surface area contributed by atoms with E-state index in [1.165, 1.54) is 4.68 Å². The maximum Gasteiger partial charge on any atom is 0.411 e. The number of benzene rings is 1. The molecule has 0 amide bonds. The molecule has 1 aliphatic rings. The largest absolute Gasteiger partial charge is 0.411 e. The molecule has 148 valence electrons. The quantitative estimate of drug-likeness (QED) is 0.578. The van der Waals surface area contributed by atoms with E-state index in [2.05, 4.69) is 15.2 Å². The van der Waals surface area contributed by atoms with E-state index in [1.807, 2.05) is 0 Å². The minimum Gasteiger partial charge on any atom is -0.351 e. The van der Waals surface area contributed by atoms with Crippen LogP contribution in [0.15, 0.2) is 30.3 Å². The molecule has 1 unspecified atom stereocenters. The molecular formula is C17H18F5N3O2. The van der Waals surface area contributed by atoms with Crippen LogP contribution in [0.2, 0.25) is 0 Å². The first-order valence-corrected chi connectivity index (χ1v) is 8.21. The first-order valence-electron chi connectivity index (χ1n) is 8.21. The highest BCUT2D eigenvalue weighted by atomic mass is 19.4. The molecule has 2 aromatic rings. The van der Waals surface area contributed by atoms with Crippen molar-refractivity contribution in [2.24, 2.45) is 0 Å². The lowest BCUT2D eigenvalue weighted by atomic mass is 9.78. The molecule has 2 N–H and O–H groups in total. The molecule has 0 saturated heterocycles. The summed E-state index contributed by atoms with van der Waals surface area (Å²) in [4.78, 5) is 0. The number of rotatable bonds is 6. The highest BCUT2D eigenvalue weighted by Crippen LogP contribution is 2.49. The third kappa shape index (κ3) is 4.56. The fourth-order valence-electron chi connectivity index (χ4n) is 3.01. The molecule has 0 bridgehead atoms. The molecule has 1 atom stereocenters. The van der Waals surface area contributed by atoms with Crippen LogP contribution in [-0.4, -0.2) is 40.0 Å². The SMILES string of the molecule is Cc1c(C2CC(F)(F)C2)nn(-c2ccccc2)c1NC(O)OCC(F)(F)F. The van der Waals surface area contributed by atoms with Crippen molar-refractivity contribution in [2.45, 2.75) is 44.2 Å². The second kappa shape index (κ2) is 7.08. The number of halogens is 5. The van der Waals surface area contributed by atoms with Crippen LogP contribution in [0.4, 0.5) is 27.8 Å². The Labute approximate surface area is 151 Å². The molecule has 1 aliphatic carbocycles. The monoisotopic (exact) mass is 391 g/mol. The topological polar surface area (TPSA) is 59.3 Å². The Kier molecular flexibility index (Phi) is 5.13. The van der Waals surface area contributed by atoms with E-state index < -0.39 is 31.0 Å². The van der Waals surface area contributed by atoms with E-state index in [4.69, 9.17) is 0 Å². The van der Waals surface area contributed by atoms with Gasteiger partial charge in [0, 0.05) is 24.3 Å². The minimum atomic E-state index is -4.60. The van der Waals surface area contributed by atoms with Gasteiger partial charge in [0.1, 0.15) is 12.4 Å². The van der Waals surface area contributed by atoms with Crippen molar-refractivity contribution in [2.75, 3.05) is 11.9 Å². The van der Waals surface area contributed by atoms with E-state index >= 15 is 0 Å². The summed E-state index contributed by atoms with van der Waals surface area (Å²) < 4.78 is 69.0. The Morgan fingerprint density at radius 1 is 1.30 bits per heavy atom. The lowest BCUT2D eigenvalue weighted by Crippen LogP contribution is -2.34. The van der Waals surface area contributed by atoms with Crippen molar-refractivity contribution in [3.05, 3.63) is 41.6 Å². The zero-order valence-electron chi connectivity index (χ0n) is 14.3. The maximum atomic E-state index is 13.2. The van der Waals surface area contributed by atoms with Crippen LogP contribution in [0.25, 0.3) is 5.69 Å². The molecule has 0 spiro atoms. The molecule has 1 aromatic carbocycles. The molecule has 1 saturated carbocycles. The number of aromatic nitrogens is 2. The second-order valence-corrected chi connectivity index (χ2v) is 6.49. The summed E-state index contributed by atoms with van der Waals surface area (Å²) >= 11 is 0. The third-order valence-corrected chi connectivity index (χ3v) is 4.30. The Balaban J connectivity index is 1.87. The first kappa shape index (κ1) is 19.6. The number of nitrogens with one attached hydrogen (secondary N) is 1. The zero-order chi connectivity index (χ0) is 19.8. The summed E-state index contributed by atoms with van der Waals surface area (Å²) in [7, 11) is 0. The van der Waals surface area contributed by atoms with Crippen LogP contribution in [-0.2, 0) is 4.74 Å². The molecule has 5 nitrogen and oxygen atoms in total. The van der Waals surface area contributed by atoms with Gasteiger partial charge < -0.3 is 15.2 Å². The molecule has 10 heteroatoms. The highest BCUT2D eigenvalue weighted by molar-refractivity contribution is 5.54. The van der Waals surface area contributed by atoms with Crippen molar-refractivity contribution in [3.8, 4) is 5.69 Å². The Bertz CT molecular complexity index is 784. The molecule has 1 aromatic heterocycles. The van der Waals surface area contributed by atoms with Crippen LogP contribution in [0.1, 0.15) is 30.0 Å². The number of aliphatic hydroxyl groups is 1.